The molecule has 0 spiro atoms. The molecule has 1 N–H and O–H groups in total. The van der Waals surface area contributed by atoms with Crippen molar-refractivity contribution in [2.75, 3.05) is 12.4 Å². The number of fused-ring (bicyclic) bond motifs is 1. The van der Waals surface area contributed by atoms with E-state index in [4.69, 9.17) is 4.74 Å². The van der Waals surface area contributed by atoms with Crippen molar-refractivity contribution in [1.29, 1.82) is 0 Å². The zero-order valence-corrected chi connectivity index (χ0v) is 12.9. The maximum atomic E-state index is 5.34. The van der Waals surface area contributed by atoms with Gasteiger partial charge in [0, 0.05) is 5.69 Å². The second-order valence-electron chi connectivity index (χ2n) is 5.70. The van der Waals surface area contributed by atoms with Gasteiger partial charge in [-0.05, 0) is 66.6 Å². The van der Waals surface area contributed by atoms with Gasteiger partial charge in [0.05, 0.1) is 13.2 Å². The zero-order valence-electron chi connectivity index (χ0n) is 12.9. The predicted octanol–water partition coefficient (Wildman–Crippen LogP) is 4.75. The van der Waals surface area contributed by atoms with Gasteiger partial charge in [-0.3, -0.25) is 0 Å². The lowest BCUT2D eigenvalue weighted by molar-refractivity contribution is 0.413. The Morgan fingerprint density at radius 3 is 2.67 bits per heavy atom. The van der Waals surface area contributed by atoms with E-state index in [2.05, 4.69) is 54.7 Å². The van der Waals surface area contributed by atoms with Gasteiger partial charge in [0.1, 0.15) is 5.75 Å². The number of nitrogens with one attached hydrogen (secondary N) is 1. The molecule has 2 aromatic carbocycles. The summed E-state index contributed by atoms with van der Waals surface area (Å²) < 4.78 is 5.34. The zero-order chi connectivity index (χ0) is 14.7. The highest BCUT2D eigenvalue weighted by molar-refractivity contribution is 5.49. The molecule has 1 aliphatic carbocycles. The molecule has 0 aliphatic heterocycles. The summed E-state index contributed by atoms with van der Waals surface area (Å²) in [6.07, 6.45) is 4.66. The molecule has 0 amide bonds. The number of rotatable bonds is 4. The number of ether oxygens (including phenoxy) is 1. The lowest BCUT2D eigenvalue weighted by atomic mass is 9.87. The van der Waals surface area contributed by atoms with Gasteiger partial charge in [0.2, 0.25) is 0 Å². The van der Waals surface area contributed by atoms with Crippen molar-refractivity contribution in [2.24, 2.45) is 0 Å². The second kappa shape index (κ2) is 6.21. The molecule has 1 unspecified atom stereocenters. The second-order valence-corrected chi connectivity index (χ2v) is 5.70. The van der Waals surface area contributed by atoms with Crippen LogP contribution < -0.4 is 10.1 Å². The van der Waals surface area contributed by atoms with Crippen LogP contribution in [0, 0.1) is 0 Å². The number of methoxy groups -OCH3 is 1. The van der Waals surface area contributed by atoms with Crippen molar-refractivity contribution in [3.05, 3.63) is 59.2 Å². The quantitative estimate of drug-likeness (QED) is 0.873. The Hall–Kier alpha value is -1.96. The molecule has 0 fully saturated rings. The van der Waals surface area contributed by atoms with Crippen molar-refractivity contribution in [3.63, 3.8) is 0 Å². The van der Waals surface area contributed by atoms with Gasteiger partial charge in [-0.25, -0.2) is 0 Å². The van der Waals surface area contributed by atoms with Gasteiger partial charge < -0.3 is 10.1 Å². The molecule has 21 heavy (non-hydrogen) atoms. The fourth-order valence-electron chi connectivity index (χ4n) is 3.11. The van der Waals surface area contributed by atoms with Crippen molar-refractivity contribution in [1.82, 2.24) is 0 Å². The number of anilines is 1. The van der Waals surface area contributed by atoms with E-state index < -0.39 is 0 Å². The molecular weight excluding hydrogens is 258 g/mol. The first kappa shape index (κ1) is 14.0. The molecule has 0 saturated carbocycles. The lowest BCUT2D eigenvalue weighted by Crippen LogP contribution is -2.17. The molecule has 0 heterocycles. The van der Waals surface area contributed by atoms with Crippen molar-refractivity contribution >= 4 is 5.69 Å². The average Bonchev–Trinajstić information content (AvgIpc) is 2.55. The van der Waals surface area contributed by atoms with Crippen LogP contribution in [-0.2, 0) is 12.8 Å². The third kappa shape index (κ3) is 3.05. The summed E-state index contributed by atoms with van der Waals surface area (Å²) in [5.41, 5.74) is 5.43. The molecule has 2 heteroatoms. The summed E-state index contributed by atoms with van der Waals surface area (Å²) in [6, 6.07) is 15.7. The van der Waals surface area contributed by atoms with E-state index in [1.54, 1.807) is 7.11 Å². The van der Waals surface area contributed by atoms with Crippen molar-refractivity contribution in [3.8, 4) is 5.75 Å². The third-order valence-corrected chi connectivity index (χ3v) is 4.37. The number of hydrogen-bond donors (Lipinski definition) is 1. The first-order valence-electron chi connectivity index (χ1n) is 7.82. The summed E-state index contributed by atoms with van der Waals surface area (Å²) in [6.45, 7) is 2.19. The highest BCUT2D eigenvalue weighted by Crippen LogP contribution is 2.34. The minimum absolute atomic E-state index is 0.409. The third-order valence-electron chi connectivity index (χ3n) is 4.37. The van der Waals surface area contributed by atoms with Crippen molar-refractivity contribution in [2.45, 2.75) is 38.6 Å². The molecule has 110 valence electrons. The number of aryl methyl sites for hydroxylation is 2. The lowest BCUT2D eigenvalue weighted by Gasteiger charge is -2.27. The Bertz CT molecular complexity index is 603. The Labute approximate surface area is 127 Å². The molecule has 0 bridgehead atoms. The molecule has 0 saturated heterocycles. The molecule has 3 rings (SSSR count). The van der Waals surface area contributed by atoms with Crippen LogP contribution in [0.4, 0.5) is 5.69 Å². The molecule has 1 atom stereocenters. The largest absolute Gasteiger partial charge is 0.497 e. The van der Waals surface area contributed by atoms with Crippen LogP contribution in [0.1, 0.15) is 42.5 Å². The molecular formula is C19H23NO. The van der Waals surface area contributed by atoms with E-state index in [1.165, 1.54) is 35.2 Å². The van der Waals surface area contributed by atoms with E-state index in [9.17, 15) is 0 Å². The van der Waals surface area contributed by atoms with Gasteiger partial charge in [0.25, 0.3) is 0 Å². The van der Waals surface area contributed by atoms with E-state index in [0.29, 0.717) is 6.04 Å². The fourth-order valence-corrected chi connectivity index (χ4v) is 3.11. The van der Waals surface area contributed by atoms with E-state index in [1.807, 2.05) is 0 Å². The summed E-state index contributed by atoms with van der Waals surface area (Å²) in [7, 11) is 1.73. The van der Waals surface area contributed by atoms with Gasteiger partial charge in [-0.1, -0.05) is 25.1 Å². The minimum Gasteiger partial charge on any atom is -0.497 e. The maximum absolute atomic E-state index is 5.34. The Morgan fingerprint density at radius 2 is 1.95 bits per heavy atom. The van der Waals surface area contributed by atoms with E-state index in [-0.39, 0.29) is 0 Å². The Kier molecular flexibility index (Phi) is 4.14. The normalized spacial score (nSPS) is 17.1. The first-order chi connectivity index (χ1) is 10.3. The van der Waals surface area contributed by atoms with Crippen LogP contribution >= 0.6 is 0 Å². The number of benzene rings is 2. The molecule has 0 radical (unpaired) electrons. The van der Waals surface area contributed by atoms with E-state index >= 15 is 0 Å². The highest BCUT2D eigenvalue weighted by atomic mass is 16.5. The van der Waals surface area contributed by atoms with Crippen LogP contribution in [0.15, 0.2) is 42.5 Å². The van der Waals surface area contributed by atoms with Gasteiger partial charge in [-0.2, -0.15) is 0 Å². The predicted molar refractivity (Wildman–Crippen MR) is 88.1 cm³/mol. The smallest absolute Gasteiger partial charge is 0.119 e. The molecule has 2 nitrogen and oxygen atoms in total. The minimum atomic E-state index is 0.409. The van der Waals surface area contributed by atoms with Crippen LogP contribution in [0.2, 0.25) is 0 Å². The van der Waals surface area contributed by atoms with Gasteiger partial charge in [-0.15, -0.1) is 0 Å². The Balaban J connectivity index is 1.81. The van der Waals surface area contributed by atoms with Crippen molar-refractivity contribution < 1.29 is 4.74 Å². The monoisotopic (exact) mass is 281 g/mol. The molecule has 2 aromatic rings. The summed E-state index contributed by atoms with van der Waals surface area (Å²) >= 11 is 0. The Morgan fingerprint density at radius 1 is 1.14 bits per heavy atom. The van der Waals surface area contributed by atoms with Crippen LogP contribution in [0.3, 0.4) is 0 Å². The standard InChI is InChI=1S/C19H23NO/c1-3-14-7-9-16(10-8-14)20-19-6-4-5-15-13-17(21-2)11-12-18(15)19/h7-13,19-20H,3-6H2,1-2H3. The summed E-state index contributed by atoms with van der Waals surface area (Å²) in [5, 5.41) is 3.69. The van der Waals surface area contributed by atoms with Crippen LogP contribution in [-0.4, -0.2) is 7.11 Å². The molecule has 1 aliphatic rings. The van der Waals surface area contributed by atoms with Gasteiger partial charge in [0.15, 0.2) is 0 Å². The molecule has 0 aromatic heterocycles. The summed E-state index contributed by atoms with van der Waals surface area (Å²) in [4.78, 5) is 0. The first-order valence-corrected chi connectivity index (χ1v) is 7.82. The maximum Gasteiger partial charge on any atom is 0.119 e. The SMILES string of the molecule is CCc1ccc(NC2CCCc3cc(OC)ccc32)cc1. The highest BCUT2D eigenvalue weighted by Gasteiger charge is 2.20. The van der Waals surface area contributed by atoms with Crippen LogP contribution in [0.25, 0.3) is 0 Å². The summed E-state index contributed by atoms with van der Waals surface area (Å²) in [5.74, 6) is 0.960. The van der Waals surface area contributed by atoms with E-state index in [0.717, 1.165) is 18.6 Å². The fraction of sp³-hybridized carbons (Fsp3) is 0.368. The number of hydrogen-bond acceptors (Lipinski definition) is 2. The van der Waals surface area contributed by atoms with Crippen LogP contribution in [0.5, 0.6) is 5.75 Å². The average molecular weight is 281 g/mol. The topological polar surface area (TPSA) is 21.3 Å². The van der Waals surface area contributed by atoms with Gasteiger partial charge >= 0.3 is 0 Å².